The van der Waals surface area contributed by atoms with E-state index in [0.29, 0.717) is 10.8 Å². The highest BCUT2D eigenvalue weighted by molar-refractivity contribution is 7.25. The van der Waals surface area contributed by atoms with Crippen LogP contribution in [0.5, 0.6) is 0 Å². The lowest BCUT2D eigenvalue weighted by atomic mass is 9.87. The summed E-state index contributed by atoms with van der Waals surface area (Å²) in [5, 5.41) is 12.5. The number of pyridine rings is 1. The van der Waals surface area contributed by atoms with Crippen LogP contribution < -0.4 is 11.1 Å². The normalized spacial score (nSPS) is 12.6. The van der Waals surface area contributed by atoms with Gasteiger partial charge in [-0.25, -0.2) is 0 Å². The van der Waals surface area contributed by atoms with Crippen molar-refractivity contribution in [3.63, 3.8) is 0 Å². The Labute approximate surface area is 183 Å². The van der Waals surface area contributed by atoms with Crippen LogP contribution in [0.4, 0.5) is 0 Å². The highest BCUT2D eigenvalue weighted by Crippen LogP contribution is 2.46. The lowest BCUT2D eigenvalue weighted by molar-refractivity contribution is 1.22. The van der Waals surface area contributed by atoms with E-state index in [1.165, 1.54) is 30.9 Å². The predicted octanol–water partition coefficient (Wildman–Crippen LogP) is 6.74. The maximum atomic E-state index is 12.6. The van der Waals surface area contributed by atoms with Gasteiger partial charge in [-0.1, -0.05) is 48.5 Å². The Morgan fingerprint density at radius 1 is 0.438 bits per heavy atom. The average molecular weight is 427 g/mol. The molecule has 0 atom stereocenters. The Bertz CT molecular complexity index is 2110. The van der Waals surface area contributed by atoms with E-state index in [0.717, 1.165) is 32.3 Å². The van der Waals surface area contributed by atoms with Crippen LogP contribution in [-0.4, -0.2) is 4.98 Å². The molecule has 32 heavy (non-hydrogen) atoms. The lowest BCUT2D eigenvalue weighted by Gasteiger charge is -2.18. The first-order valence-corrected chi connectivity index (χ1v) is 11.4. The minimum atomic E-state index is -0.324. The molecule has 4 heteroatoms. The highest BCUT2D eigenvalue weighted by Gasteiger charge is 2.19. The smallest absolute Gasteiger partial charge is 0.258 e. The van der Waals surface area contributed by atoms with Crippen LogP contribution >= 0.6 is 11.3 Å². The van der Waals surface area contributed by atoms with E-state index in [2.05, 4.69) is 53.5 Å². The Hall–Kier alpha value is -4.02. The number of nitrogens with one attached hydrogen (secondary N) is 1. The van der Waals surface area contributed by atoms with Gasteiger partial charge in [-0.2, -0.15) is 0 Å². The van der Waals surface area contributed by atoms with Crippen molar-refractivity contribution in [3.8, 4) is 0 Å². The Morgan fingerprint density at radius 3 is 1.56 bits per heavy atom. The SMILES string of the molecule is O=c1[nH]c(=O)c2ccc3c4ccc5c6ccccc6sc6ccc(c7ccc1c2c73)c4c65. The van der Waals surface area contributed by atoms with E-state index >= 15 is 0 Å². The van der Waals surface area contributed by atoms with Gasteiger partial charge in [-0.05, 0) is 67.4 Å². The second kappa shape index (κ2) is 5.42. The molecule has 1 N–H and O–H groups in total. The number of aromatic nitrogens is 1. The van der Waals surface area contributed by atoms with Crippen molar-refractivity contribution in [2.75, 3.05) is 0 Å². The van der Waals surface area contributed by atoms with Crippen LogP contribution in [0.15, 0.2) is 82.4 Å². The van der Waals surface area contributed by atoms with Crippen LogP contribution in [0.25, 0.3) is 74.0 Å². The van der Waals surface area contributed by atoms with Crippen LogP contribution in [-0.2, 0) is 0 Å². The van der Waals surface area contributed by atoms with E-state index in [9.17, 15) is 9.59 Å². The molecule has 148 valence electrons. The topological polar surface area (TPSA) is 49.9 Å². The van der Waals surface area contributed by atoms with Crippen LogP contribution in [0, 0.1) is 0 Å². The third-order valence-corrected chi connectivity index (χ3v) is 8.11. The summed E-state index contributed by atoms with van der Waals surface area (Å²) in [5.41, 5.74) is -0.648. The van der Waals surface area contributed by atoms with Gasteiger partial charge in [0.15, 0.2) is 0 Å². The molecule has 0 amide bonds. The van der Waals surface area contributed by atoms with Gasteiger partial charge in [0.25, 0.3) is 11.1 Å². The molecule has 0 unspecified atom stereocenters. The van der Waals surface area contributed by atoms with Gasteiger partial charge in [0.05, 0.1) is 0 Å². The van der Waals surface area contributed by atoms with Crippen LogP contribution in [0.1, 0.15) is 0 Å². The summed E-state index contributed by atoms with van der Waals surface area (Å²) < 4.78 is 2.55. The molecule has 0 aliphatic carbocycles. The molecule has 6 aromatic carbocycles. The van der Waals surface area contributed by atoms with E-state index in [1.54, 1.807) is 0 Å². The minimum Gasteiger partial charge on any atom is -0.288 e. The summed E-state index contributed by atoms with van der Waals surface area (Å²) in [6.07, 6.45) is 0. The summed E-state index contributed by atoms with van der Waals surface area (Å²) in [4.78, 5) is 27.6. The second-order valence-corrected chi connectivity index (χ2v) is 9.56. The van der Waals surface area contributed by atoms with Crippen LogP contribution in [0.2, 0.25) is 0 Å². The quantitative estimate of drug-likeness (QED) is 0.215. The molecule has 0 saturated heterocycles. The van der Waals surface area contributed by atoms with Crippen molar-refractivity contribution in [2.45, 2.75) is 0 Å². The van der Waals surface area contributed by atoms with Gasteiger partial charge in [-0.15, -0.1) is 11.3 Å². The first kappa shape index (κ1) is 16.6. The molecule has 0 saturated carbocycles. The number of fused-ring (bicyclic) bond motifs is 4. The average Bonchev–Trinajstić information content (AvgIpc) is 2.82. The summed E-state index contributed by atoms with van der Waals surface area (Å²) >= 11 is 1.82. The first-order valence-electron chi connectivity index (χ1n) is 10.5. The summed E-state index contributed by atoms with van der Waals surface area (Å²) in [7, 11) is 0. The maximum Gasteiger partial charge on any atom is 0.258 e. The molecule has 0 aliphatic heterocycles. The van der Waals surface area contributed by atoms with Crippen LogP contribution in [0.3, 0.4) is 0 Å². The largest absolute Gasteiger partial charge is 0.288 e. The molecule has 0 aliphatic rings. The van der Waals surface area contributed by atoms with E-state index in [1.807, 2.05) is 35.6 Å². The zero-order chi connectivity index (χ0) is 21.1. The fraction of sp³-hybridized carbons (Fsp3) is 0. The molecular formula is C28H13NO2S. The molecule has 2 aromatic heterocycles. The number of hydrogen-bond acceptors (Lipinski definition) is 3. The lowest BCUT2D eigenvalue weighted by Crippen LogP contribution is -2.19. The molecule has 2 heterocycles. The summed E-state index contributed by atoms with van der Waals surface area (Å²) in [6.45, 7) is 0. The minimum absolute atomic E-state index is 0.324. The molecule has 8 rings (SSSR count). The molecule has 0 fully saturated rings. The van der Waals surface area contributed by atoms with Crippen molar-refractivity contribution in [2.24, 2.45) is 0 Å². The third-order valence-electron chi connectivity index (χ3n) is 6.98. The van der Waals surface area contributed by atoms with Crippen molar-refractivity contribution in [3.05, 3.63) is 93.5 Å². The van der Waals surface area contributed by atoms with Crippen molar-refractivity contribution >= 4 is 85.4 Å². The predicted molar refractivity (Wildman–Crippen MR) is 136 cm³/mol. The second-order valence-electron chi connectivity index (χ2n) is 8.47. The maximum absolute atomic E-state index is 12.6. The number of rotatable bonds is 0. The fourth-order valence-corrected chi connectivity index (χ4v) is 6.80. The Balaban J connectivity index is 1.76. The summed E-state index contributed by atoms with van der Waals surface area (Å²) in [6, 6.07) is 25.2. The summed E-state index contributed by atoms with van der Waals surface area (Å²) in [5.74, 6) is 0. The standard InChI is InChI=1S/C28H13NO2S/c30-27-19-9-7-15-17-6-5-14-13-3-1-2-4-21(13)32-22-12-11-18(24(17)26(14)22)16-8-10-20(28(31)29-27)25(19)23(15)16/h1-12H,(H,29,30,31). The molecular weight excluding hydrogens is 414 g/mol. The zero-order valence-electron chi connectivity index (χ0n) is 16.7. The molecule has 0 radical (unpaired) electrons. The molecule has 3 nitrogen and oxygen atoms in total. The Kier molecular flexibility index (Phi) is 2.82. The van der Waals surface area contributed by atoms with Gasteiger partial charge in [-0.3, -0.25) is 14.6 Å². The third kappa shape index (κ3) is 1.80. The van der Waals surface area contributed by atoms with Crippen molar-refractivity contribution in [1.29, 1.82) is 0 Å². The van der Waals surface area contributed by atoms with Gasteiger partial charge in [0.2, 0.25) is 0 Å². The van der Waals surface area contributed by atoms with E-state index in [4.69, 9.17) is 0 Å². The van der Waals surface area contributed by atoms with Gasteiger partial charge in [0, 0.05) is 30.9 Å². The first-order chi connectivity index (χ1) is 15.7. The van der Waals surface area contributed by atoms with Gasteiger partial charge >= 0.3 is 0 Å². The molecule has 8 aromatic rings. The highest BCUT2D eigenvalue weighted by atomic mass is 32.1. The Morgan fingerprint density at radius 2 is 0.906 bits per heavy atom. The number of hydrogen-bond donors (Lipinski definition) is 1. The monoisotopic (exact) mass is 427 g/mol. The number of aromatic amines is 1. The molecule has 0 spiro atoms. The molecule has 0 bridgehead atoms. The fourth-order valence-electron chi connectivity index (χ4n) is 5.68. The van der Waals surface area contributed by atoms with Crippen molar-refractivity contribution < 1.29 is 0 Å². The van der Waals surface area contributed by atoms with Crippen molar-refractivity contribution in [1.82, 2.24) is 4.98 Å². The zero-order valence-corrected chi connectivity index (χ0v) is 17.5. The van der Waals surface area contributed by atoms with E-state index < -0.39 is 0 Å². The van der Waals surface area contributed by atoms with Gasteiger partial charge in [0.1, 0.15) is 0 Å². The van der Waals surface area contributed by atoms with Gasteiger partial charge < -0.3 is 0 Å². The number of benzene rings is 6. The number of H-pyrrole nitrogens is 1. The van der Waals surface area contributed by atoms with E-state index in [-0.39, 0.29) is 11.1 Å².